The Bertz CT molecular complexity index is 530. The molecule has 0 atom stereocenters. The van der Waals surface area contributed by atoms with Crippen molar-refractivity contribution in [3.05, 3.63) is 52.2 Å². The van der Waals surface area contributed by atoms with Crippen molar-refractivity contribution in [2.75, 3.05) is 5.32 Å². The quantitative estimate of drug-likeness (QED) is 0.795. The van der Waals surface area contributed by atoms with E-state index in [4.69, 9.17) is 11.6 Å². The predicted octanol–water partition coefficient (Wildman–Crippen LogP) is 4.40. The normalized spacial score (nSPS) is 10.4. The van der Waals surface area contributed by atoms with Crippen LogP contribution in [0, 0.1) is 20.8 Å². The van der Waals surface area contributed by atoms with Crippen molar-refractivity contribution in [3.63, 3.8) is 0 Å². The van der Waals surface area contributed by atoms with E-state index in [1.165, 1.54) is 11.1 Å². The molecule has 0 saturated heterocycles. The van der Waals surface area contributed by atoms with Gasteiger partial charge in [0, 0.05) is 5.69 Å². The van der Waals surface area contributed by atoms with Crippen LogP contribution in [0.15, 0.2) is 30.3 Å². The number of rotatable bonds is 2. The molecule has 3 heteroatoms. The monoisotopic (exact) mass is 246 g/mol. The second-order valence-electron chi connectivity index (χ2n) is 4.22. The molecular formula is C14H15ClN2. The van der Waals surface area contributed by atoms with Gasteiger partial charge >= 0.3 is 0 Å². The van der Waals surface area contributed by atoms with Crippen LogP contribution in [0.4, 0.5) is 11.5 Å². The van der Waals surface area contributed by atoms with E-state index in [0.29, 0.717) is 5.15 Å². The molecule has 1 aromatic heterocycles. The Labute approximate surface area is 107 Å². The second kappa shape index (κ2) is 4.76. The minimum atomic E-state index is 0.512. The van der Waals surface area contributed by atoms with Crippen molar-refractivity contribution in [3.8, 4) is 0 Å². The van der Waals surface area contributed by atoms with Crippen LogP contribution in [-0.4, -0.2) is 4.98 Å². The lowest BCUT2D eigenvalue weighted by Gasteiger charge is -2.11. The van der Waals surface area contributed by atoms with Gasteiger partial charge in [-0.2, -0.15) is 0 Å². The average Bonchev–Trinajstić information content (AvgIpc) is 2.23. The molecule has 1 N–H and O–H groups in total. The van der Waals surface area contributed by atoms with E-state index in [1.54, 1.807) is 0 Å². The first-order chi connectivity index (χ1) is 8.06. The van der Waals surface area contributed by atoms with Gasteiger partial charge in [0.1, 0.15) is 11.0 Å². The lowest BCUT2D eigenvalue weighted by atomic mass is 10.1. The summed E-state index contributed by atoms with van der Waals surface area (Å²) in [5.74, 6) is 0.781. The second-order valence-corrected chi connectivity index (χ2v) is 4.61. The zero-order valence-electron chi connectivity index (χ0n) is 10.2. The van der Waals surface area contributed by atoms with Gasteiger partial charge in [0.25, 0.3) is 0 Å². The van der Waals surface area contributed by atoms with Gasteiger partial charge in [-0.25, -0.2) is 4.98 Å². The highest BCUT2D eigenvalue weighted by Gasteiger charge is 2.03. The molecule has 0 unspecified atom stereocenters. The number of anilines is 2. The number of aryl methyl sites for hydroxylation is 2. The fourth-order valence-electron chi connectivity index (χ4n) is 1.71. The molecule has 88 valence electrons. The Balaban J connectivity index is 2.34. The molecular weight excluding hydrogens is 232 g/mol. The molecule has 0 aliphatic rings. The van der Waals surface area contributed by atoms with Gasteiger partial charge in [0.05, 0.1) is 0 Å². The number of nitrogens with one attached hydrogen (secondary N) is 1. The topological polar surface area (TPSA) is 24.9 Å². The smallest absolute Gasteiger partial charge is 0.132 e. The Morgan fingerprint density at radius 1 is 1.12 bits per heavy atom. The molecule has 0 saturated carbocycles. The number of pyridine rings is 1. The summed E-state index contributed by atoms with van der Waals surface area (Å²) in [6.07, 6.45) is 0. The summed E-state index contributed by atoms with van der Waals surface area (Å²) in [5, 5.41) is 3.81. The first-order valence-electron chi connectivity index (χ1n) is 5.53. The zero-order valence-corrected chi connectivity index (χ0v) is 11.0. The van der Waals surface area contributed by atoms with E-state index in [1.807, 2.05) is 31.2 Å². The third-order valence-electron chi connectivity index (χ3n) is 2.81. The third kappa shape index (κ3) is 2.77. The molecule has 0 fully saturated rings. The van der Waals surface area contributed by atoms with Crippen LogP contribution in [-0.2, 0) is 0 Å². The van der Waals surface area contributed by atoms with Crippen molar-refractivity contribution in [1.82, 2.24) is 4.98 Å². The van der Waals surface area contributed by atoms with E-state index in [0.717, 1.165) is 17.1 Å². The lowest BCUT2D eigenvalue weighted by molar-refractivity contribution is 1.25. The molecule has 0 radical (unpaired) electrons. The van der Waals surface area contributed by atoms with Gasteiger partial charge < -0.3 is 5.32 Å². The largest absolute Gasteiger partial charge is 0.340 e. The maximum atomic E-state index is 5.94. The van der Waals surface area contributed by atoms with E-state index in [9.17, 15) is 0 Å². The van der Waals surface area contributed by atoms with Crippen molar-refractivity contribution in [2.45, 2.75) is 20.8 Å². The van der Waals surface area contributed by atoms with Crippen LogP contribution in [0.1, 0.15) is 16.7 Å². The molecule has 0 bridgehead atoms. The van der Waals surface area contributed by atoms with Gasteiger partial charge in [-0.3, -0.25) is 0 Å². The first kappa shape index (κ1) is 11.9. The highest BCUT2D eigenvalue weighted by molar-refractivity contribution is 6.29. The molecule has 1 aromatic carbocycles. The highest BCUT2D eigenvalue weighted by atomic mass is 35.5. The summed E-state index contributed by atoms with van der Waals surface area (Å²) < 4.78 is 0. The average molecular weight is 247 g/mol. The van der Waals surface area contributed by atoms with Crippen LogP contribution in [0.5, 0.6) is 0 Å². The van der Waals surface area contributed by atoms with Crippen LogP contribution in [0.3, 0.4) is 0 Å². The molecule has 0 aliphatic heterocycles. The molecule has 17 heavy (non-hydrogen) atoms. The van der Waals surface area contributed by atoms with E-state index >= 15 is 0 Å². The number of hydrogen-bond acceptors (Lipinski definition) is 2. The van der Waals surface area contributed by atoms with Gasteiger partial charge in [-0.1, -0.05) is 23.7 Å². The molecule has 2 aromatic rings. The van der Waals surface area contributed by atoms with Gasteiger partial charge in [0.2, 0.25) is 0 Å². The molecule has 0 spiro atoms. The molecule has 2 nitrogen and oxygen atoms in total. The van der Waals surface area contributed by atoms with E-state index < -0.39 is 0 Å². The summed E-state index contributed by atoms with van der Waals surface area (Å²) in [5.41, 5.74) is 4.65. The van der Waals surface area contributed by atoms with Crippen molar-refractivity contribution < 1.29 is 0 Å². The van der Waals surface area contributed by atoms with Crippen LogP contribution < -0.4 is 5.32 Å². The van der Waals surface area contributed by atoms with Gasteiger partial charge in [-0.05, 0) is 55.7 Å². The SMILES string of the molecule is Cc1cc(Cl)nc(Nc2cccc(C)c2C)c1. The number of aromatic nitrogens is 1. The van der Waals surface area contributed by atoms with E-state index in [-0.39, 0.29) is 0 Å². The fourth-order valence-corrected chi connectivity index (χ4v) is 1.98. The van der Waals surface area contributed by atoms with Crippen LogP contribution in [0.25, 0.3) is 0 Å². The summed E-state index contributed by atoms with van der Waals surface area (Å²) in [6.45, 7) is 6.19. The van der Waals surface area contributed by atoms with Gasteiger partial charge in [-0.15, -0.1) is 0 Å². The summed E-state index contributed by atoms with van der Waals surface area (Å²) in [6, 6.07) is 9.99. The number of hydrogen-bond donors (Lipinski definition) is 1. The maximum absolute atomic E-state index is 5.94. The standard InChI is InChI=1S/C14H15ClN2/c1-9-7-13(15)17-14(8-9)16-12-6-4-5-10(2)11(12)3/h4-8H,1-3H3,(H,16,17). The molecule has 0 amide bonds. The highest BCUT2D eigenvalue weighted by Crippen LogP contribution is 2.23. The van der Waals surface area contributed by atoms with E-state index in [2.05, 4.69) is 30.2 Å². The number of nitrogens with zero attached hydrogens (tertiary/aromatic N) is 1. The molecule has 1 heterocycles. The minimum Gasteiger partial charge on any atom is -0.340 e. The molecule has 0 aliphatic carbocycles. The van der Waals surface area contributed by atoms with Crippen LogP contribution >= 0.6 is 11.6 Å². The van der Waals surface area contributed by atoms with Crippen molar-refractivity contribution in [1.29, 1.82) is 0 Å². The van der Waals surface area contributed by atoms with Crippen LogP contribution in [0.2, 0.25) is 5.15 Å². The summed E-state index contributed by atoms with van der Waals surface area (Å²) in [4.78, 5) is 4.25. The Kier molecular flexibility index (Phi) is 3.34. The third-order valence-corrected chi connectivity index (χ3v) is 3.00. The van der Waals surface area contributed by atoms with Crippen molar-refractivity contribution >= 4 is 23.1 Å². The lowest BCUT2D eigenvalue weighted by Crippen LogP contribution is -1.97. The Morgan fingerprint density at radius 3 is 2.59 bits per heavy atom. The maximum Gasteiger partial charge on any atom is 0.132 e. The Morgan fingerprint density at radius 2 is 1.88 bits per heavy atom. The van der Waals surface area contributed by atoms with Gasteiger partial charge in [0.15, 0.2) is 0 Å². The predicted molar refractivity (Wildman–Crippen MR) is 73.2 cm³/mol. The first-order valence-corrected chi connectivity index (χ1v) is 5.91. The minimum absolute atomic E-state index is 0.512. The molecule has 2 rings (SSSR count). The number of benzene rings is 1. The Hall–Kier alpha value is -1.54. The fraction of sp³-hybridized carbons (Fsp3) is 0.214. The zero-order chi connectivity index (χ0) is 12.4. The summed E-state index contributed by atoms with van der Waals surface area (Å²) >= 11 is 5.94. The van der Waals surface area contributed by atoms with Crippen molar-refractivity contribution in [2.24, 2.45) is 0 Å². The number of halogens is 1. The summed E-state index contributed by atoms with van der Waals surface area (Å²) in [7, 11) is 0.